The van der Waals surface area contributed by atoms with E-state index in [2.05, 4.69) is 22.2 Å². The van der Waals surface area contributed by atoms with E-state index in [0.717, 1.165) is 0 Å². The fraction of sp³-hybridized carbons (Fsp3) is 0.294. The lowest BCUT2D eigenvalue weighted by Crippen LogP contribution is -2.48. The Hall–Kier alpha value is -3.40. The van der Waals surface area contributed by atoms with Gasteiger partial charge in [0.1, 0.15) is 0 Å². The van der Waals surface area contributed by atoms with E-state index in [4.69, 9.17) is 16.6 Å². The molecule has 0 saturated carbocycles. The summed E-state index contributed by atoms with van der Waals surface area (Å²) in [5.74, 6) is -2.52. The number of amides is 2. The van der Waals surface area contributed by atoms with Crippen LogP contribution in [0.25, 0.3) is 0 Å². The fourth-order valence-corrected chi connectivity index (χ4v) is 2.19. The van der Waals surface area contributed by atoms with Gasteiger partial charge >= 0.3 is 5.97 Å². The number of aliphatic imine (C=N–C) groups is 1. The molecule has 0 aliphatic heterocycles. The molecule has 0 bridgehead atoms. The van der Waals surface area contributed by atoms with Crippen LogP contribution in [0, 0.1) is 0 Å². The zero-order chi connectivity index (χ0) is 20.4. The molecule has 2 atom stereocenters. The molecule has 0 spiro atoms. The molecule has 0 saturated heterocycles. The number of carbonyl (C=O) groups is 3. The average Bonchev–Trinajstić information content (AvgIpc) is 2.58. The second-order valence-corrected chi connectivity index (χ2v) is 5.63. The molecule has 146 valence electrons. The first-order valence-electron chi connectivity index (χ1n) is 8.01. The zero-order valence-electron chi connectivity index (χ0n) is 14.6. The third kappa shape index (κ3) is 8.01. The Morgan fingerprint density at radius 3 is 2.59 bits per heavy atom. The highest BCUT2D eigenvalue weighted by Crippen LogP contribution is 2.13. The number of guanidine groups is 1. The molecule has 0 radical (unpaired) electrons. The van der Waals surface area contributed by atoms with Crippen molar-refractivity contribution in [1.29, 1.82) is 0 Å². The summed E-state index contributed by atoms with van der Waals surface area (Å²) in [5.41, 5.74) is 11.2. The number of carboxylic acid groups (broad SMARTS) is 1. The molecule has 0 aliphatic rings. The summed E-state index contributed by atoms with van der Waals surface area (Å²) >= 11 is 0. The molecule has 2 unspecified atom stereocenters. The van der Waals surface area contributed by atoms with E-state index in [-0.39, 0.29) is 17.9 Å². The molecule has 0 heterocycles. The first kappa shape index (κ1) is 21.6. The number of aliphatic hydroxyl groups is 1. The number of nitrogens with one attached hydrogen (secondary N) is 2. The molecular weight excluding hydrogens is 354 g/mol. The molecule has 1 rings (SSSR count). The Bertz CT molecular complexity index is 730. The van der Waals surface area contributed by atoms with E-state index in [0.29, 0.717) is 5.69 Å². The average molecular weight is 377 g/mol. The number of nitrogens with zero attached hydrogens (tertiary/aromatic N) is 1. The van der Waals surface area contributed by atoms with E-state index in [9.17, 15) is 19.5 Å². The lowest BCUT2D eigenvalue weighted by atomic mass is 10.0. The van der Waals surface area contributed by atoms with Crippen LogP contribution < -0.4 is 22.1 Å². The maximum Gasteiger partial charge on any atom is 0.305 e. The predicted molar refractivity (Wildman–Crippen MR) is 99.2 cm³/mol. The Labute approximate surface area is 156 Å². The highest BCUT2D eigenvalue weighted by atomic mass is 16.4. The van der Waals surface area contributed by atoms with Crippen molar-refractivity contribution in [3.05, 3.63) is 42.5 Å². The number of carbonyl (C=O) groups excluding carboxylic acids is 2. The number of aliphatic hydroxyl groups excluding tert-OH is 1. The van der Waals surface area contributed by atoms with Gasteiger partial charge in [0.05, 0.1) is 30.8 Å². The van der Waals surface area contributed by atoms with E-state index in [1.54, 1.807) is 12.1 Å². The van der Waals surface area contributed by atoms with Gasteiger partial charge in [0, 0.05) is 5.56 Å². The maximum absolute atomic E-state index is 12.1. The zero-order valence-corrected chi connectivity index (χ0v) is 14.6. The molecule has 0 fully saturated rings. The Balaban J connectivity index is 2.66. The van der Waals surface area contributed by atoms with Crippen LogP contribution in [0.15, 0.2) is 41.9 Å². The highest BCUT2D eigenvalue weighted by molar-refractivity contribution is 5.97. The van der Waals surface area contributed by atoms with Crippen LogP contribution in [0.2, 0.25) is 0 Å². The number of benzene rings is 1. The number of nitrogens with two attached hydrogens (primary N) is 2. The SMILES string of the molecule is C=CCC(O)C(CC(=O)O)NC(=O)CNC(=O)c1cccc(N=C(N)N)c1. The number of carboxylic acids is 1. The number of hydrogen-bond acceptors (Lipinski definition) is 5. The Morgan fingerprint density at radius 2 is 2.00 bits per heavy atom. The molecular formula is C17H23N5O5. The fourth-order valence-electron chi connectivity index (χ4n) is 2.19. The van der Waals surface area contributed by atoms with Crippen molar-refractivity contribution in [3.8, 4) is 0 Å². The minimum atomic E-state index is -1.18. The van der Waals surface area contributed by atoms with E-state index in [1.165, 1.54) is 18.2 Å². The molecule has 2 amide bonds. The monoisotopic (exact) mass is 377 g/mol. The van der Waals surface area contributed by atoms with Crippen molar-refractivity contribution in [3.63, 3.8) is 0 Å². The smallest absolute Gasteiger partial charge is 0.305 e. The van der Waals surface area contributed by atoms with Crippen molar-refractivity contribution in [2.45, 2.75) is 25.0 Å². The van der Waals surface area contributed by atoms with E-state index < -0.39 is 42.9 Å². The van der Waals surface area contributed by atoms with E-state index >= 15 is 0 Å². The summed E-state index contributed by atoms with van der Waals surface area (Å²) in [6.45, 7) is 3.06. The molecule has 0 aliphatic carbocycles. The molecule has 8 N–H and O–H groups in total. The minimum Gasteiger partial charge on any atom is -0.481 e. The molecule has 1 aromatic rings. The van der Waals surface area contributed by atoms with Gasteiger partial charge in [0.15, 0.2) is 5.96 Å². The first-order valence-corrected chi connectivity index (χ1v) is 8.01. The predicted octanol–water partition coefficient (Wildman–Crippen LogP) is -0.782. The van der Waals surface area contributed by atoms with Gasteiger partial charge in [-0.25, -0.2) is 4.99 Å². The second kappa shape index (κ2) is 10.6. The lowest BCUT2D eigenvalue weighted by molar-refractivity contribution is -0.138. The molecule has 10 heteroatoms. The van der Waals surface area contributed by atoms with Gasteiger partial charge in [-0.15, -0.1) is 6.58 Å². The Morgan fingerprint density at radius 1 is 1.30 bits per heavy atom. The van der Waals surface area contributed by atoms with Gasteiger partial charge in [-0.3, -0.25) is 14.4 Å². The van der Waals surface area contributed by atoms with Crippen molar-refractivity contribution >= 4 is 29.4 Å². The molecule has 1 aromatic carbocycles. The largest absolute Gasteiger partial charge is 0.481 e. The number of rotatable bonds is 10. The molecule has 27 heavy (non-hydrogen) atoms. The van der Waals surface area contributed by atoms with Crippen LogP contribution in [-0.4, -0.2) is 52.6 Å². The van der Waals surface area contributed by atoms with Crippen LogP contribution in [-0.2, 0) is 9.59 Å². The van der Waals surface area contributed by atoms with Crippen molar-refractivity contribution in [2.75, 3.05) is 6.54 Å². The third-order valence-corrected chi connectivity index (χ3v) is 3.39. The molecule has 10 nitrogen and oxygen atoms in total. The Kier molecular flexibility index (Phi) is 8.46. The maximum atomic E-state index is 12.1. The third-order valence-electron chi connectivity index (χ3n) is 3.39. The second-order valence-electron chi connectivity index (χ2n) is 5.63. The van der Waals surface area contributed by atoms with Crippen LogP contribution in [0.4, 0.5) is 5.69 Å². The van der Waals surface area contributed by atoms with Gasteiger partial charge < -0.3 is 32.3 Å². The van der Waals surface area contributed by atoms with Gasteiger partial charge in [0.25, 0.3) is 5.91 Å². The summed E-state index contributed by atoms with van der Waals surface area (Å²) in [5, 5.41) is 23.6. The summed E-state index contributed by atoms with van der Waals surface area (Å²) in [4.78, 5) is 38.8. The van der Waals surface area contributed by atoms with Gasteiger partial charge in [-0.1, -0.05) is 12.1 Å². The van der Waals surface area contributed by atoms with Crippen molar-refractivity contribution in [1.82, 2.24) is 10.6 Å². The van der Waals surface area contributed by atoms with Gasteiger partial charge in [0.2, 0.25) is 5.91 Å². The first-order chi connectivity index (χ1) is 12.7. The van der Waals surface area contributed by atoms with E-state index in [1.807, 2.05) is 0 Å². The minimum absolute atomic E-state index is 0.113. The highest BCUT2D eigenvalue weighted by Gasteiger charge is 2.23. The van der Waals surface area contributed by atoms with Crippen LogP contribution in [0.3, 0.4) is 0 Å². The summed E-state index contributed by atoms with van der Waals surface area (Å²) < 4.78 is 0. The summed E-state index contributed by atoms with van der Waals surface area (Å²) in [6, 6.07) is 5.12. The lowest BCUT2D eigenvalue weighted by Gasteiger charge is -2.22. The van der Waals surface area contributed by atoms with Crippen molar-refractivity contribution < 1.29 is 24.6 Å². The summed E-state index contributed by atoms with van der Waals surface area (Å²) in [7, 11) is 0. The quantitative estimate of drug-likeness (QED) is 0.176. The topological polar surface area (TPSA) is 180 Å². The normalized spacial score (nSPS) is 12.3. The van der Waals surface area contributed by atoms with Crippen LogP contribution >= 0.6 is 0 Å². The standard InChI is InChI=1S/C17H23N5O5/c1-2-4-13(23)12(8-15(25)26)22-14(24)9-20-16(27)10-5-3-6-11(7-10)21-17(18)19/h2-3,5-7,12-13,23H,1,4,8-9H2,(H,20,27)(H,22,24)(H,25,26)(H4,18,19,21). The van der Waals surface area contributed by atoms with Crippen LogP contribution in [0.1, 0.15) is 23.2 Å². The van der Waals surface area contributed by atoms with Gasteiger partial charge in [-0.2, -0.15) is 0 Å². The number of aliphatic carboxylic acids is 1. The van der Waals surface area contributed by atoms with Gasteiger partial charge in [-0.05, 0) is 24.6 Å². The molecule has 0 aromatic heterocycles. The van der Waals surface area contributed by atoms with Crippen LogP contribution in [0.5, 0.6) is 0 Å². The van der Waals surface area contributed by atoms with Crippen molar-refractivity contribution in [2.24, 2.45) is 16.5 Å². The number of hydrogen-bond donors (Lipinski definition) is 6. The summed E-state index contributed by atoms with van der Waals surface area (Å²) in [6.07, 6.45) is -0.0384.